The maximum absolute atomic E-state index is 6.09. The molecule has 2 aliphatic heterocycles. The summed E-state index contributed by atoms with van der Waals surface area (Å²) in [5.41, 5.74) is 17.9. The third kappa shape index (κ3) is 4.87. The quantitative estimate of drug-likeness (QED) is 0.549. The number of nitrogens with one attached hydrogen (secondary N) is 2. The highest BCUT2D eigenvalue weighted by Crippen LogP contribution is 2.33. The molecule has 0 atom stereocenters. The van der Waals surface area contributed by atoms with Crippen LogP contribution in [0.5, 0.6) is 5.75 Å². The van der Waals surface area contributed by atoms with Crippen molar-refractivity contribution in [3.8, 4) is 5.75 Å². The monoisotopic (exact) mass is 448 g/mol. The summed E-state index contributed by atoms with van der Waals surface area (Å²) < 4.78 is 6.09. The molecule has 0 bridgehead atoms. The predicted octanol–water partition coefficient (Wildman–Crippen LogP) is 2.25. The highest BCUT2D eigenvalue weighted by atomic mass is 16.5. The standard InChI is InChI=1S/C24H32N8O/c1-14(2)21-15(3)29-24(26)31-22(21)32-7-8-33-20-6-5-16(9-18(20)13-32)17(11-27-4)10-19-12-28-23(25)30-19/h5-6,9-11,14,27H,7-8,12-13H2,1-4H3,(H3,25,28,30)(H2,26,29,31)/b17-11+,19-10+. The van der Waals surface area contributed by atoms with Crippen LogP contribution in [-0.2, 0) is 6.54 Å². The van der Waals surface area contributed by atoms with Gasteiger partial charge in [0.05, 0.1) is 18.8 Å². The number of hydrogen-bond donors (Lipinski definition) is 4. The number of nitrogen functional groups attached to an aromatic ring is 1. The lowest BCUT2D eigenvalue weighted by Gasteiger charge is -2.26. The fourth-order valence-electron chi connectivity index (χ4n) is 4.30. The third-order valence-electron chi connectivity index (χ3n) is 5.72. The number of aromatic nitrogens is 2. The van der Waals surface area contributed by atoms with Crippen LogP contribution in [0.15, 0.2) is 41.2 Å². The van der Waals surface area contributed by atoms with E-state index in [9.17, 15) is 0 Å². The van der Waals surface area contributed by atoms with Gasteiger partial charge in [-0.1, -0.05) is 19.9 Å². The molecule has 2 aromatic rings. The van der Waals surface area contributed by atoms with Gasteiger partial charge in [0.15, 0.2) is 5.96 Å². The van der Waals surface area contributed by atoms with Gasteiger partial charge in [0, 0.05) is 36.6 Å². The molecule has 0 saturated carbocycles. The van der Waals surface area contributed by atoms with Gasteiger partial charge in [-0.15, -0.1) is 0 Å². The average molecular weight is 449 g/mol. The summed E-state index contributed by atoms with van der Waals surface area (Å²) >= 11 is 0. The largest absolute Gasteiger partial charge is 0.491 e. The fourth-order valence-corrected chi connectivity index (χ4v) is 4.30. The Hall–Kier alpha value is -3.75. The van der Waals surface area contributed by atoms with Gasteiger partial charge in [-0.25, -0.2) is 9.98 Å². The topological polar surface area (TPSA) is 127 Å². The van der Waals surface area contributed by atoms with Gasteiger partial charge in [0.25, 0.3) is 0 Å². The molecular weight excluding hydrogens is 416 g/mol. The molecule has 0 unspecified atom stereocenters. The summed E-state index contributed by atoms with van der Waals surface area (Å²) in [6, 6.07) is 6.26. The molecule has 1 aromatic heterocycles. The highest BCUT2D eigenvalue weighted by molar-refractivity contribution is 5.83. The van der Waals surface area contributed by atoms with E-state index in [-0.39, 0.29) is 5.92 Å². The predicted molar refractivity (Wildman–Crippen MR) is 133 cm³/mol. The number of fused-ring (bicyclic) bond motifs is 1. The number of ether oxygens (including phenoxy) is 1. The lowest BCUT2D eigenvalue weighted by Crippen LogP contribution is -2.28. The van der Waals surface area contributed by atoms with E-state index in [4.69, 9.17) is 16.2 Å². The smallest absolute Gasteiger partial charge is 0.222 e. The molecule has 0 spiro atoms. The van der Waals surface area contributed by atoms with Crippen molar-refractivity contribution >= 4 is 23.3 Å². The van der Waals surface area contributed by atoms with Crippen molar-refractivity contribution in [3.05, 3.63) is 58.6 Å². The Labute approximate surface area is 194 Å². The second-order valence-corrected chi connectivity index (χ2v) is 8.53. The van der Waals surface area contributed by atoms with E-state index in [2.05, 4.69) is 56.5 Å². The summed E-state index contributed by atoms with van der Waals surface area (Å²) in [5.74, 6) is 2.78. The maximum Gasteiger partial charge on any atom is 0.222 e. The number of guanidine groups is 1. The first-order valence-corrected chi connectivity index (χ1v) is 11.2. The first kappa shape index (κ1) is 22.4. The molecule has 2 aliphatic rings. The van der Waals surface area contributed by atoms with Gasteiger partial charge in [0.1, 0.15) is 18.2 Å². The first-order chi connectivity index (χ1) is 15.9. The van der Waals surface area contributed by atoms with Crippen molar-refractivity contribution in [1.29, 1.82) is 0 Å². The minimum absolute atomic E-state index is 0.278. The first-order valence-electron chi connectivity index (χ1n) is 11.2. The van der Waals surface area contributed by atoms with Gasteiger partial charge >= 0.3 is 0 Å². The highest BCUT2D eigenvalue weighted by Gasteiger charge is 2.23. The second-order valence-electron chi connectivity index (χ2n) is 8.53. The van der Waals surface area contributed by atoms with Crippen LogP contribution in [0.1, 0.15) is 42.1 Å². The van der Waals surface area contributed by atoms with Gasteiger partial charge in [-0.3, -0.25) is 0 Å². The van der Waals surface area contributed by atoms with E-state index in [1.807, 2.05) is 32.3 Å². The zero-order valence-corrected chi connectivity index (χ0v) is 19.6. The van der Waals surface area contributed by atoms with Crippen LogP contribution in [0, 0.1) is 6.92 Å². The Morgan fingerprint density at radius 1 is 1.27 bits per heavy atom. The molecular formula is C24H32N8O. The van der Waals surface area contributed by atoms with Crippen LogP contribution in [-0.4, -0.2) is 42.7 Å². The number of aliphatic imine (C=N–C) groups is 1. The molecule has 0 aliphatic carbocycles. The molecule has 4 rings (SSSR count). The summed E-state index contributed by atoms with van der Waals surface area (Å²) in [6.07, 6.45) is 3.99. The van der Waals surface area contributed by atoms with E-state index in [1.165, 1.54) is 0 Å². The molecule has 6 N–H and O–H groups in total. The summed E-state index contributed by atoms with van der Waals surface area (Å²) in [5, 5.41) is 6.17. The van der Waals surface area contributed by atoms with Crippen molar-refractivity contribution in [2.45, 2.75) is 33.2 Å². The lowest BCUT2D eigenvalue weighted by molar-refractivity contribution is 0.331. The van der Waals surface area contributed by atoms with Crippen LogP contribution < -0.4 is 31.7 Å². The number of benzene rings is 1. The third-order valence-corrected chi connectivity index (χ3v) is 5.72. The molecule has 174 valence electrons. The van der Waals surface area contributed by atoms with Gasteiger partial charge in [0.2, 0.25) is 5.95 Å². The van der Waals surface area contributed by atoms with Gasteiger partial charge < -0.3 is 31.7 Å². The van der Waals surface area contributed by atoms with E-state index >= 15 is 0 Å². The van der Waals surface area contributed by atoms with Crippen LogP contribution in [0.4, 0.5) is 11.8 Å². The molecule has 33 heavy (non-hydrogen) atoms. The minimum atomic E-state index is 0.278. The van der Waals surface area contributed by atoms with E-state index < -0.39 is 0 Å². The lowest BCUT2D eigenvalue weighted by atomic mass is 10.00. The van der Waals surface area contributed by atoms with Gasteiger partial charge in [-0.05, 0) is 42.2 Å². The number of nitrogens with two attached hydrogens (primary N) is 2. The Morgan fingerprint density at radius 2 is 2.09 bits per heavy atom. The molecule has 9 nitrogen and oxygen atoms in total. The number of nitrogens with zero attached hydrogens (tertiary/aromatic N) is 4. The minimum Gasteiger partial charge on any atom is -0.491 e. The molecule has 1 aromatic carbocycles. The number of hydrogen-bond acceptors (Lipinski definition) is 9. The SMILES string of the molecule is CN/C=C(\C=C1/CNC(N)=N1)c1ccc2c(c1)CN(c1nc(N)nc(C)c1C(C)C)CCO2. The Balaban J connectivity index is 1.71. The Kier molecular flexibility index (Phi) is 6.39. The van der Waals surface area contributed by atoms with Crippen LogP contribution in [0.3, 0.4) is 0 Å². The van der Waals surface area contributed by atoms with Crippen molar-refractivity contribution in [3.63, 3.8) is 0 Å². The summed E-state index contributed by atoms with van der Waals surface area (Å²) in [6.45, 7) is 8.85. The maximum atomic E-state index is 6.09. The number of rotatable bonds is 5. The number of anilines is 2. The van der Waals surface area contributed by atoms with Crippen molar-refractivity contribution in [2.24, 2.45) is 10.7 Å². The molecule has 0 amide bonds. The van der Waals surface area contributed by atoms with Crippen LogP contribution in [0.2, 0.25) is 0 Å². The fraction of sp³-hybridized carbons (Fsp3) is 0.375. The number of aryl methyl sites for hydroxylation is 1. The van der Waals surface area contributed by atoms with Gasteiger partial charge in [-0.2, -0.15) is 4.98 Å². The summed E-state index contributed by atoms with van der Waals surface area (Å²) in [7, 11) is 1.88. The van der Waals surface area contributed by atoms with Crippen molar-refractivity contribution < 1.29 is 4.74 Å². The van der Waals surface area contributed by atoms with Crippen molar-refractivity contribution in [1.82, 2.24) is 20.6 Å². The molecule has 3 heterocycles. The van der Waals surface area contributed by atoms with E-state index in [1.54, 1.807) is 0 Å². The molecule has 9 heteroatoms. The molecule has 0 radical (unpaired) electrons. The zero-order chi connectivity index (χ0) is 23.5. The average Bonchev–Trinajstić information content (AvgIpc) is 3.04. The Bertz CT molecular complexity index is 1140. The van der Waals surface area contributed by atoms with Crippen molar-refractivity contribution in [2.75, 3.05) is 37.4 Å². The normalized spacial score (nSPS) is 17.4. The second kappa shape index (κ2) is 9.40. The number of allylic oxidation sites excluding steroid dienone is 2. The molecule has 0 fully saturated rings. The zero-order valence-electron chi connectivity index (χ0n) is 19.6. The summed E-state index contributed by atoms with van der Waals surface area (Å²) in [4.78, 5) is 15.6. The Morgan fingerprint density at radius 3 is 2.79 bits per heavy atom. The van der Waals surface area contributed by atoms with E-state index in [0.717, 1.165) is 45.2 Å². The van der Waals surface area contributed by atoms with Crippen LogP contribution >= 0.6 is 0 Å². The van der Waals surface area contributed by atoms with Crippen LogP contribution in [0.25, 0.3) is 5.57 Å². The molecule has 0 saturated heterocycles. The van der Waals surface area contributed by atoms with E-state index in [0.29, 0.717) is 38.1 Å².